The van der Waals surface area contributed by atoms with E-state index in [2.05, 4.69) is 19.6 Å². The van der Waals surface area contributed by atoms with E-state index in [-0.39, 0.29) is 6.04 Å². The molecule has 7 heteroatoms. The Bertz CT molecular complexity index is 771. The van der Waals surface area contributed by atoms with Gasteiger partial charge in [0.2, 0.25) is 16.0 Å². The van der Waals surface area contributed by atoms with Gasteiger partial charge in [-0.2, -0.15) is 0 Å². The van der Waals surface area contributed by atoms with Crippen LogP contribution in [0.5, 0.6) is 0 Å². The lowest BCUT2D eigenvalue weighted by molar-refractivity contribution is 0.459. The number of benzene rings is 1. The first-order chi connectivity index (χ1) is 11.6. The molecular weight excluding hydrogens is 324 g/mol. The summed E-state index contributed by atoms with van der Waals surface area (Å²) >= 11 is 0. The van der Waals surface area contributed by atoms with E-state index in [0.29, 0.717) is 5.95 Å². The number of nitrogens with zero attached hydrogens (tertiary/aromatic N) is 3. The molecule has 3 rings (SSSR count). The van der Waals surface area contributed by atoms with Crippen molar-refractivity contribution in [1.82, 2.24) is 14.7 Å². The highest BCUT2D eigenvalue weighted by Gasteiger charge is 2.23. The third-order valence-electron chi connectivity index (χ3n) is 3.90. The summed E-state index contributed by atoms with van der Waals surface area (Å²) < 4.78 is 27.1. The number of hydrogen-bond acceptors (Lipinski definition) is 5. The van der Waals surface area contributed by atoms with Crippen LogP contribution in [0.2, 0.25) is 0 Å². The fraction of sp³-hybridized carbons (Fsp3) is 0.294. The zero-order chi connectivity index (χ0) is 16.8. The standard InChI is InChI=1S/C17H20N4O2S/c22-24(23,14-9-15-5-2-1-3-6-15)20-16-7-12-21(13-8-16)17-18-10-4-11-19-17/h1-6,9-11,14,16,20H,7-8,12-13H2. The molecule has 0 radical (unpaired) electrons. The summed E-state index contributed by atoms with van der Waals surface area (Å²) in [5.41, 5.74) is 0.860. The third-order valence-corrected chi connectivity index (χ3v) is 5.06. The van der Waals surface area contributed by atoms with Crippen molar-refractivity contribution < 1.29 is 8.42 Å². The fourth-order valence-electron chi connectivity index (χ4n) is 2.66. The van der Waals surface area contributed by atoms with Crippen molar-refractivity contribution in [2.75, 3.05) is 18.0 Å². The van der Waals surface area contributed by atoms with E-state index in [0.717, 1.165) is 31.5 Å². The molecule has 0 aliphatic carbocycles. The Kier molecular flexibility index (Phi) is 5.22. The topological polar surface area (TPSA) is 75.2 Å². The van der Waals surface area contributed by atoms with Gasteiger partial charge in [0.1, 0.15) is 0 Å². The molecule has 126 valence electrons. The van der Waals surface area contributed by atoms with Crippen LogP contribution < -0.4 is 9.62 Å². The van der Waals surface area contributed by atoms with E-state index in [1.165, 1.54) is 5.41 Å². The maximum atomic E-state index is 12.2. The minimum absolute atomic E-state index is 0.0598. The van der Waals surface area contributed by atoms with Crippen LogP contribution in [0.1, 0.15) is 18.4 Å². The van der Waals surface area contributed by atoms with Gasteiger partial charge in [0.05, 0.1) is 0 Å². The lowest BCUT2D eigenvalue weighted by atomic mass is 10.1. The highest BCUT2D eigenvalue weighted by atomic mass is 32.2. The van der Waals surface area contributed by atoms with Crippen LogP contribution in [0.4, 0.5) is 5.95 Å². The minimum atomic E-state index is -3.44. The molecule has 0 unspecified atom stereocenters. The molecule has 1 fully saturated rings. The quantitative estimate of drug-likeness (QED) is 0.898. The van der Waals surface area contributed by atoms with Gasteiger partial charge in [-0.15, -0.1) is 0 Å². The van der Waals surface area contributed by atoms with Gasteiger partial charge in [-0.1, -0.05) is 30.3 Å². The van der Waals surface area contributed by atoms with Gasteiger partial charge in [-0.25, -0.2) is 23.1 Å². The second kappa shape index (κ2) is 7.55. The van der Waals surface area contributed by atoms with Crippen molar-refractivity contribution in [2.45, 2.75) is 18.9 Å². The molecule has 0 amide bonds. The number of anilines is 1. The van der Waals surface area contributed by atoms with Crippen molar-refractivity contribution in [3.63, 3.8) is 0 Å². The number of nitrogens with one attached hydrogen (secondary N) is 1. The first kappa shape index (κ1) is 16.6. The molecule has 0 spiro atoms. The Morgan fingerprint density at radius 2 is 1.71 bits per heavy atom. The number of aromatic nitrogens is 2. The molecule has 1 aliphatic heterocycles. The smallest absolute Gasteiger partial charge is 0.233 e. The summed E-state index contributed by atoms with van der Waals surface area (Å²) in [6.07, 6.45) is 6.50. The SMILES string of the molecule is O=S(=O)(C=Cc1ccccc1)NC1CCN(c2ncccn2)CC1. The van der Waals surface area contributed by atoms with Crippen LogP contribution >= 0.6 is 0 Å². The highest BCUT2D eigenvalue weighted by Crippen LogP contribution is 2.16. The van der Waals surface area contributed by atoms with Crippen molar-refractivity contribution in [3.8, 4) is 0 Å². The van der Waals surface area contributed by atoms with E-state index in [9.17, 15) is 8.42 Å². The molecule has 24 heavy (non-hydrogen) atoms. The predicted octanol–water partition coefficient (Wildman–Crippen LogP) is 2.04. The summed E-state index contributed by atoms with van der Waals surface area (Å²) in [5, 5.41) is 1.23. The number of sulfonamides is 1. The maximum absolute atomic E-state index is 12.2. The largest absolute Gasteiger partial charge is 0.341 e. The molecule has 1 saturated heterocycles. The third kappa shape index (κ3) is 4.62. The van der Waals surface area contributed by atoms with Gasteiger partial charge in [0, 0.05) is 36.9 Å². The van der Waals surface area contributed by atoms with E-state index >= 15 is 0 Å². The Morgan fingerprint density at radius 3 is 2.38 bits per heavy atom. The summed E-state index contributed by atoms with van der Waals surface area (Å²) in [5.74, 6) is 0.697. The molecule has 2 aromatic rings. The van der Waals surface area contributed by atoms with Crippen LogP contribution in [0.3, 0.4) is 0 Å². The van der Waals surface area contributed by atoms with Crippen molar-refractivity contribution in [2.24, 2.45) is 0 Å². The molecule has 0 saturated carbocycles. The first-order valence-corrected chi connectivity index (χ1v) is 9.44. The summed E-state index contributed by atoms with van der Waals surface area (Å²) in [7, 11) is -3.44. The Morgan fingerprint density at radius 1 is 1.04 bits per heavy atom. The fourth-order valence-corrected chi connectivity index (χ4v) is 3.77. The predicted molar refractivity (Wildman–Crippen MR) is 94.8 cm³/mol. The van der Waals surface area contributed by atoms with Crippen LogP contribution in [0.25, 0.3) is 6.08 Å². The van der Waals surface area contributed by atoms with Crippen molar-refractivity contribution in [1.29, 1.82) is 0 Å². The molecule has 0 atom stereocenters. The monoisotopic (exact) mass is 344 g/mol. The average molecular weight is 344 g/mol. The van der Waals surface area contributed by atoms with Gasteiger partial charge in [0.15, 0.2) is 0 Å². The molecule has 1 aromatic heterocycles. The number of rotatable bonds is 5. The molecule has 1 aliphatic rings. The Balaban J connectivity index is 1.54. The van der Waals surface area contributed by atoms with Gasteiger partial charge < -0.3 is 4.90 Å². The molecule has 1 aromatic carbocycles. The van der Waals surface area contributed by atoms with Crippen LogP contribution in [0.15, 0.2) is 54.2 Å². The zero-order valence-corrected chi connectivity index (χ0v) is 14.1. The lowest BCUT2D eigenvalue weighted by Gasteiger charge is -2.31. The second-order valence-electron chi connectivity index (χ2n) is 5.69. The van der Waals surface area contributed by atoms with E-state index in [4.69, 9.17) is 0 Å². The van der Waals surface area contributed by atoms with Crippen LogP contribution in [-0.4, -0.2) is 37.5 Å². The minimum Gasteiger partial charge on any atom is -0.341 e. The molecular formula is C17H20N4O2S. The lowest BCUT2D eigenvalue weighted by Crippen LogP contribution is -2.44. The first-order valence-electron chi connectivity index (χ1n) is 7.90. The molecule has 1 N–H and O–H groups in total. The Labute approximate surface area is 142 Å². The number of piperidine rings is 1. The molecule has 6 nitrogen and oxygen atoms in total. The van der Waals surface area contributed by atoms with Crippen LogP contribution in [0, 0.1) is 0 Å². The van der Waals surface area contributed by atoms with Crippen molar-refractivity contribution >= 4 is 22.0 Å². The van der Waals surface area contributed by atoms with Crippen molar-refractivity contribution in [3.05, 3.63) is 59.8 Å². The van der Waals surface area contributed by atoms with E-state index < -0.39 is 10.0 Å². The summed E-state index contributed by atoms with van der Waals surface area (Å²) in [6.45, 7) is 1.47. The van der Waals surface area contributed by atoms with Gasteiger partial charge >= 0.3 is 0 Å². The highest BCUT2D eigenvalue weighted by molar-refractivity contribution is 7.92. The normalized spacial score (nSPS) is 16.6. The van der Waals surface area contributed by atoms with E-state index in [1.807, 2.05) is 30.3 Å². The number of hydrogen-bond donors (Lipinski definition) is 1. The Hall–Kier alpha value is -2.25. The average Bonchev–Trinajstić information content (AvgIpc) is 2.62. The zero-order valence-electron chi connectivity index (χ0n) is 13.2. The van der Waals surface area contributed by atoms with E-state index in [1.54, 1.807) is 24.5 Å². The maximum Gasteiger partial charge on any atom is 0.233 e. The molecule has 0 bridgehead atoms. The summed E-state index contributed by atoms with van der Waals surface area (Å²) in [4.78, 5) is 10.5. The van der Waals surface area contributed by atoms with Gasteiger partial charge in [-0.05, 0) is 30.5 Å². The van der Waals surface area contributed by atoms with Gasteiger partial charge in [-0.3, -0.25) is 0 Å². The van der Waals surface area contributed by atoms with Crippen LogP contribution in [-0.2, 0) is 10.0 Å². The van der Waals surface area contributed by atoms with Gasteiger partial charge in [0.25, 0.3) is 0 Å². The molecule has 2 heterocycles. The second-order valence-corrected chi connectivity index (χ2v) is 7.28. The summed E-state index contributed by atoms with van der Waals surface area (Å²) in [6, 6.07) is 11.1.